The van der Waals surface area contributed by atoms with Crippen molar-refractivity contribution in [3.63, 3.8) is 0 Å². The van der Waals surface area contributed by atoms with Gasteiger partial charge in [0.1, 0.15) is 6.04 Å². The minimum absolute atomic E-state index is 0.0503. The number of carbonyl (C=O) groups excluding carboxylic acids is 2. The summed E-state index contributed by atoms with van der Waals surface area (Å²) in [5.74, 6) is -0.122. The standard InChI is InChI=1S/C15H19BrN2O2/c1-15(2,3)13-14(20)18(9-8-12(19)17-13)11-6-4-10(16)5-7-11/h4-7,13H,8-9H2,1-3H3,(H,17,19). The van der Waals surface area contributed by atoms with Crippen molar-refractivity contribution in [1.29, 1.82) is 0 Å². The number of hydrogen-bond acceptors (Lipinski definition) is 2. The van der Waals surface area contributed by atoms with Crippen molar-refractivity contribution in [1.82, 2.24) is 5.32 Å². The van der Waals surface area contributed by atoms with E-state index in [1.165, 1.54) is 0 Å². The number of rotatable bonds is 1. The van der Waals surface area contributed by atoms with Crippen LogP contribution >= 0.6 is 15.9 Å². The van der Waals surface area contributed by atoms with Crippen LogP contribution in [0.2, 0.25) is 0 Å². The summed E-state index contributed by atoms with van der Waals surface area (Å²) in [4.78, 5) is 26.2. The van der Waals surface area contributed by atoms with E-state index in [0.717, 1.165) is 10.2 Å². The number of nitrogens with one attached hydrogen (secondary N) is 1. The third kappa shape index (κ3) is 3.20. The molecule has 2 amide bonds. The first-order chi connectivity index (χ1) is 9.29. The summed E-state index contributed by atoms with van der Waals surface area (Å²) in [6.07, 6.45) is 0.328. The molecule has 20 heavy (non-hydrogen) atoms. The molecule has 1 aliphatic heterocycles. The molecular formula is C15H19BrN2O2. The maximum Gasteiger partial charge on any atom is 0.250 e. The van der Waals surface area contributed by atoms with Crippen LogP contribution in [-0.4, -0.2) is 24.4 Å². The van der Waals surface area contributed by atoms with Gasteiger partial charge in [-0.15, -0.1) is 0 Å². The van der Waals surface area contributed by atoms with Crippen LogP contribution < -0.4 is 10.2 Å². The van der Waals surface area contributed by atoms with E-state index < -0.39 is 6.04 Å². The molecule has 1 aromatic carbocycles. The fourth-order valence-corrected chi connectivity index (χ4v) is 2.50. The Labute approximate surface area is 127 Å². The number of amides is 2. The number of nitrogens with zero attached hydrogens (tertiary/aromatic N) is 1. The lowest BCUT2D eigenvalue weighted by Crippen LogP contribution is -2.52. The van der Waals surface area contributed by atoms with Crippen LogP contribution in [0.25, 0.3) is 0 Å². The van der Waals surface area contributed by atoms with Crippen LogP contribution in [0.15, 0.2) is 28.7 Å². The molecule has 108 valence electrons. The van der Waals surface area contributed by atoms with Crippen molar-refractivity contribution < 1.29 is 9.59 Å². The minimum Gasteiger partial charge on any atom is -0.344 e. The number of anilines is 1. The molecule has 1 aliphatic rings. The summed E-state index contributed by atoms with van der Waals surface area (Å²) in [6, 6.07) is 7.07. The van der Waals surface area contributed by atoms with Crippen LogP contribution in [0.1, 0.15) is 27.2 Å². The summed E-state index contributed by atoms with van der Waals surface area (Å²) < 4.78 is 0.963. The lowest BCUT2D eigenvalue weighted by molar-refractivity contribution is -0.127. The van der Waals surface area contributed by atoms with Crippen LogP contribution in [-0.2, 0) is 9.59 Å². The highest BCUT2D eigenvalue weighted by Gasteiger charge is 2.38. The van der Waals surface area contributed by atoms with Gasteiger partial charge < -0.3 is 10.2 Å². The molecule has 5 heteroatoms. The van der Waals surface area contributed by atoms with Crippen LogP contribution in [0.5, 0.6) is 0 Å². The van der Waals surface area contributed by atoms with Gasteiger partial charge >= 0.3 is 0 Å². The largest absolute Gasteiger partial charge is 0.344 e. The summed E-state index contributed by atoms with van der Waals surface area (Å²) >= 11 is 3.38. The van der Waals surface area contributed by atoms with Gasteiger partial charge in [0, 0.05) is 23.1 Å². The number of hydrogen-bond donors (Lipinski definition) is 1. The van der Waals surface area contributed by atoms with Crippen molar-refractivity contribution in [2.45, 2.75) is 33.2 Å². The third-order valence-electron chi connectivity index (χ3n) is 3.39. The van der Waals surface area contributed by atoms with E-state index in [1.54, 1.807) is 4.90 Å². The van der Waals surface area contributed by atoms with Gasteiger partial charge in [-0.05, 0) is 29.7 Å². The van der Waals surface area contributed by atoms with E-state index >= 15 is 0 Å². The normalized spacial score (nSPS) is 20.6. The number of benzene rings is 1. The summed E-state index contributed by atoms with van der Waals surface area (Å²) in [7, 11) is 0. The molecular weight excluding hydrogens is 320 g/mol. The fourth-order valence-electron chi connectivity index (χ4n) is 2.24. The SMILES string of the molecule is CC(C)(C)C1NC(=O)CCN(c2ccc(Br)cc2)C1=O. The molecule has 0 aromatic heterocycles. The Morgan fingerprint density at radius 3 is 2.35 bits per heavy atom. The monoisotopic (exact) mass is 338 g/mol. The van der Waals surface area contributed by atoms with Crippen molar-refractivity contribution in [2.24, 2.45) is 5.41 Å². The van der Waals surface area contributed by atoms with Crippen LogP contribution in [0, 0.1) is 5.41 Å². The van der Waals surface area contributed by atoms with Crippen molar-refractivity contribution in [2.75, 3.05) is 11.4 Å². The summed E-state index contributed by atoms with van der Waals surface area (Å²) in [5.41, 5.74) is 0.508. The van der Waals surface area contributed by atoms with E-state index in [9.17, 15) is 9.59 Å². The average Bonchev–Trinajstić information content (AvgIpc) is 2.50. The van der Waals surface area contributed by atoms with E-state index in [2.05, 4.69) is 21.2 Å². The Bertz CT molecular complexity index is 520. The molecule has 2 rings (SSSR count). The lowest BCUT2D eigenvalue weighted by Gasteiger charge is -2.32. The molecule has 0 saturated carbocycles. The van der Waals surface area contributed by atoms with Gasteiger partial charge in [-0.2, -0.15) is 0 Å². The predicted octanol–water partition coefficient (Wildman–Crippen LogP) is 2.72. The third-order valence-corrected chi connectivity index (χ3v) is 3.91. The lowest BCUT2D eigenvalue weighted by atomic mass is 9.86. The molecule has 0 spiro atoms. The zero-order valence-corrected chi connectivity index (χ0v) is 13.5. The molecule has 0 radical (unpaired) electrons. The Kier molecular flexibility index (Phi) is 4.18. The molecule has 0 bridgehead atoms. The van der Waals surface area contributed by atoms with Crippen LogP contribution in [0.3, 0.4) is 0 Å². The summed E-state index contributed by atoms with van der Waals surface area (Å²) in [6.45, 7) is 6.29. The van der Waals surface area contributed by atoms with E-state index in [1.807, 2.05) is 45.0 Å². The zero-order valence-electron chi connectivity index (χ0n) is 11.9. The highest BCUT2D eigenvalue weighted by atomic mass is 79.9. The van der Waals surface area contributed by atoms with Crippen molar-refractivity contribution in [3.05, 3.63) is 28.7 Å². The highest BCUT2D eigenvalue weighted by molar-refractivity contribution is 9.10. The van der Waals surface area contributed by atoms with E-state index in [-0.39, 0.29) is 17.2 Å². The number of carbonyl (C=O) groups is 2. The molecule has 1 N–H and O–H groups in total. The zero-order chi connectivity index (χ0) is 14.9. The van der Waals surface area contributed by atoms with Gasteiger partial charge in [0.05, 0.1) is 0 Å². The maximum atomic E-state index is 12.7. The topological polar surface area (TPSA) is 49.4 Å². The van der Waals surface area contributed by atoms with Gasteiger partial charge in [0.15, 0.2) is 0 Å². The molecule has 1 saturated heterocycles. The smallest absolute Gasteiger partial charge is 0.250 e. The Morgan fingerprint density at radius 1 is 1.20 bits per heavy atom. The second-order valence-electron chi connectivity index (χ2n) is 6.08. The minimum atomic E-state index is -0.499. The van der Waals surface area contributed by atoms with Crippen LogP contribution in [0.4, 0.5) is 5.69 Å². The molecule has 1 aromatic rings. The first kappa shape index (κ1) is 15.0. The molecule has 1 atom stereocenters. The molecule has 1 unspecified atom stereocenters. The first-order valence-corrected chi connectivity index (χ1v) is 7.44. The van der Waals surface area contributed by atoms with Gasteiger partial charge in [0.25, 0.3) is 0 Å². The van der Waals surface area contributed by atoms with Gasteiger partial charge in [-0.1, -0.05) is 36.7 Å². The second-order valence-corrected chi connectivity index (χ2v) is 7.00. The number of halogens is 1. The molecule has 1 fully saturated rings. The second kappa shape index (κ2) is 5.56. The van der Waals surface area contributed by atoms with Crippen molar-refractivity contribution >= 4 is 33.4 Å². The van der Waals surface area contributed by atoms with Gasteiger partial charge in [-0.3, -0.25) is 9.59 Å². The van der Waals surface area contributed by atoms with Crippen molar-refractivity contribution in [3.8, 4) is 0 Å². The van der Waals surface area contributed by atoms with E-state index in [0.29, 0.717) is 13.0 Å². The Morgan fingerprint density at radius 2 is 1.80 bits per heavy atom. The molecule has 1 heterocycles. The Hall–Kier alpha value is -1.36. The Balaban J connectivity index is 2.35. The highest BCUT2D eigenvalue weighted by Crippen LogP contribution is 2.26. The molecule has 4 nitrogen and oxygen atoms in total. The first-order valence-electron chi connectivity index (χ1n) is 6.65. The maximum absolute atomic E-state index is 12.7. The van der Waals surface area contributed by atoms with E-state index in [4.69, 9.17) is 0 Å². The molecule has 0 aliphatic carbocycles. The predicted molar refractivity (Wildman–Crippen MR) is 82.5 cm³/mol. The van der Waals surface area contributed by atoms with Gasteiger partial charge in [-0.25, -0.2) is 0 Å². The quantitative estimate of drug-likeness (QED) is 0.855. The van der Waals surface area contributed by atoms with Gasteiger partial charge in [0.2, 0.25) is 11.8 Å². The summed E-state index contributed by atoms with van der Waals surface area (Å²) in [5, 5.41) is 2.84. The average molecular weight is 339 g/mol. The fraction of sp³-hybridized carbons (Fsp3) is 0.467.